The molecule has 1 aliphatic carbocycles. The second kappa shape index (κ2) is 5.57. The first kappa shape index (κ1) is 13.2. The number of likely N-dealkylation sites (N-methyl/N-ethyl adjacent to an activating group) is 1. The van der Waals surface area contributed by atoms with E-state index in [-0.39, 0.29) is 0 Å². The van der Waals surface area contributed by atoms with Crippen molar-refractivity contribution in [1.82, 2.24) is 4.90 Å². The van der Waals surface area contributed by atoms with E-state index >= 15 is 0 Å². The van der Waals surface area contributed by atoms with Crippen molar-refractivity contribution in [3.8, 4) is 0 Å². The van der Waals surface area contributed by atoms with Crippen LogP contribution in [0.15, 0.2) is 41.7 Å². The molecule has 2 nitrogen and oxygen atoms in total. The first-order valence-corrected chi connectivity index (χ1v) is 6.70. The van der Waals surface area contributed by atoms with Gasteiger partial charge >= 0.3 is 0 Å². The third kappa shape index (κ3) is 2.44. The molecule has 0 fully saturated rings. The highest BCUT2D eigenvalue weighted by molar-refractivity contribution is 5.41. The smallest absolute Gasteiger partial charge is 0.105 e. The van der Waals surface area contributed by atoms with Crippen molar-refractivity contribution in [3.63, 3.8) is 0 Å². The summed E-state index contributed by atoms with van der Waals surface area (Å²) < 4.78 is 5.88. The lowest BCUT2D eigenvalue weighted by Crippen LogP contribution is -2.34. The molecule has 98 valence electrons. The molecule has 0 saturated heterocycles. The Morgan fingerprint density at radius 1 is 1.17 bits per heavy atom. The summed E-state index contributed by atoms with van der Waals surface area (Å²) in [6.45, 7) is 6.12. The van der Waals surface area contributed by atoms with Gasteiger partial charge in [0, 0.05) is 12.5 Å². The molecule has 0 heterocycles. The molecule has 18 heavy (non-hydrogen) atoms. The first-order valence-electron chi connectivity index (χ1n) is 6.70. The number of rotatable bonds is 5. The standard InChI is InChI=1S/C16H23NO/c1-5-18-16-14(11-17(3)4)12(2)15(16)13-9-7-6-8-10-13/h6-10,12,15H,5,11H2,1-4H3/t12-,15+/m0/s1. The molecule has 2 rings (SSSR count). The van der Waals surface area contributed by atoms with Crippen LogP contribution in [0, 0.1) is 5.92 Å². The van der Waals surface area contributed by atoms with E-state index in [1.807, 2.05) is 0 Å². The van der Waals surface area contributed by atoms with Crippen LogP contribution < -0.4 is 0 Å². The Balaban J connectivity index is 2.25. The topological polar surface area (TPSA) is 12.5 Å². The van der Waals surface area contributed by atoms with E-state index in [0.717, 1.165) is 13.2 Å². The summed E-state index contributed by atoms with van der Waals surface area (Å²) in [5.41, 5.74) is 2.83. The van der Waals surface area contributed by atoms with Gasteiger partial charge in [-0.1, -0.05) is 37.3 Å². The molecule has 0 bridgehead atoms. The van der Waals surface area contributed by atoms with Crippen LogP contribution in [0.3, 0.4) is 0 Å². The van der Waals surface area contributed by atoms with Crippen molar-refractivity contribution in [2.45, 2.75) is 19.8 Å². The normalized spacial score (nSPS) is 23.2. The summed E-state index contributed by atoms with van der Waals surface area (Å²) in [5.74, 6) is 2.22. The zero-order valence-corrected chi connectivity index (χ0v) is 11.8. The van der Waals surface area contributed by atoms with Crippen LogP contribution in [0.2, 0.25) is 0 Å². The van der Waals surface area contributed by atoms with Crippen LogP contribution in [0.1, 0.15) is 25.3 Å². The predicted molar refractivity (Wildman–Crippen MR) is 75.6 cm³/mol. The molecular weight excluding hydrogens is 222 g/mol. The number of allylic oxidation sites excluding steroid dienone is 1. The van der Waals surface area contributed by atoms with Crippen LogP contribution >= 0.6 is 0 Å². The van der Waals surface area contributed by atoms with Gasteiger partial charge in [-0.2, -0.15) is 0 Å². The molecule has 1 aliphatic rings. The lowest BCUT2D eigenvalue weighted by Gasteiger charge is -2.40. The third-order valence-electron chi connectivity index (χ3n) is 3.59. The number of ether oxygens (including phenoxy) is 1. The Kier molecular flexibility index (Phi) is 4.07. The molecule has 2 atom stereocenters. The van der Waals surface area contributed by atoms with Gasteiger partial charge in [-0.3, -0.25) is 0 Å². The molecular formula is C16H23NO. The number of hydrogen-bond donors (Lipinski definition) is 0. The highest BCUT2D eigenvalue weighted by Gasteiger charge is 2.39. The lowest BCUT2D eigenvalue weighted by molar-refractivity contribution is 0.157. The van der Waals surface area contributed by atoms with E-state index < -0.39 is 0 Å². The van der Waals surface area contributed by atoms with Gasteiger partial charge < -0.3 is 9.64 Å². The molecule has 0 unspecified atom stereocenters. The zero-order valence-electron chi connectivity index (χ0n) is 11.8. The van der Waals surface area contributed by atoms with Gasteiger partial charge in [-0.25, -0.2) is 0 Å². The SMILES string of the molecule is CCOC1=C(CN(C)C)[C@H](C)[C@@H]1c1ccccc1. The monoisotopic (exact) mass is 245 g/mol. The van der Waals surface area contributed by atoms with Crippen LogP contribution in [-0.4, -0.2) is 32.1 Å². The van der Waals surface area contributed by atoms with Gasteiger partial charge in [-0.15, -0.1) is 0 Å². The highest BCUT2D eigenvalue weighted by atomic mass is 16.5. The van der Waals surface area contributed by atoms with Gasteiger partial charge in [-0.05, 0) is 38.1 Å². The van der Waals surface area contributed by atoms with Gasteiger partial charge in [0.05, 0.1) is 6.61 Å². The molecule has 0 radical (unpaired) electrons. The summed E-state index contributed by atoms with van der Waals surface area (Å²) in [6.07, 6.45) is 0. The van der Waals surface area contributed by atoms with Gasteiger partial charge in [0.15, 0.2) is 0 Å². The minimum absolute atomic E-state index is 0.445. The maximum Gasteiger partial charge on any atom is 0.105 e. The van der Waals surface area contributed by atoms with Crippen LogP contribution in [0.25, 0.3) is 0 Å². The fourth-order valence-electron chi connectivity index (χ4n) is 2.76. The Bertz CT molecular complexity index is 422. The Labute approximate surface area is 110 Å². The van der Waals surface area contributed by atoms with Crippen LogP contribution in [0.5, 0.6) is 0 Å². The number of nitrogens with zero attached hydrogens (tertiary/aromatic N) is 1. The fourth-order valence-corrected chi connectivity index (χ4v) is 2.76. The minimum Gasteiger partial charge on any atom is -0.498 e. The first-order chi connectivity index (χ1) is 8.65. The van der Waals surface area contributed by atoms with E-state index in [4.69, 9.17) is 4.74 Å². The maximum atomic E-state index is 5.88. The second-order valence-corrected chi connectivity index (χ2v) is 5.24. The molecule has 0 N–H and O–H groups in total. The van der Waals surface area contributed by atoms with E-state index in [2.05, 4.69) is 63.2 Å². The summed E-state index contributed by atoms with van der Waals surface area (Å²) in [4.78, 5) is 2.21. The van der Waals surface area contributed by atoms with Crippen molar-refractivity contribution < 1.29 is 4.74 Å². The third-order valence-corrected chi connectivity index (χ3v) is 3.59. The van der Waals surface area contributed by atoms with Crippen LogP contribution in [0.4, 0.5) is 0 Å². The van der Waals surface area contributed by atoms with E-state index in [9.17, 15) is 0 Å². The van der Waals surface area contributed by atoms with Gasteiger partial charge in [0.1, 0.15) is 5.76 Å². The maximum absolute atomic E-state index is 5.88. The molecule has 0 aliphatic heterocycles. The molecule has 1 aromatic rings. The highest BCUT2D eigenvalue weighted by Crippen LogP contribution is 2.48. The fraction of sp³-hybridized carbons (Fsp3) is 0.500. The Morgan fingerprint density at radius 3 is 2.39 bits per heavy atom. The Morgan fingerprint density at radius 2 is 1.83 bits per heavy atom. The Hall–Kier alpha value is -1.28. The van der Waals surface area contributed by atoms with E-state index in [0.29, 0.717) is 11.8 Å². The van der Waals surface area contributed by atoms with Crippen LogP contribution in [-0.2, 0) is 4.74 Å². The molecule has 0 amide bonds. The second-order valence-electron chi connectivity index (χ2n) is 5.24. The van der Waals surface area contributed by atoms with Gasteiger partial charge in [0.2, 0.25) is 0 Å². The van der Waals surface area contributed by atoms with E-state index in [1.54, 1.807) is 0 Å². The number of benzene rings is 1. The molecule has 0 spiro atoms. The molecule has 2 heteroatoms. The van der Waals surface area contributed by atoms with Gasteiger partial charge in [0.25, 0.3) is 0 Å². The van der Waals surface area contributed by atoms with Crippen molar-refractivity contribution in [3.05, 3.63) is 47.2 Å². The summed E-state index contributed by atoms with van der Waals surface area (Å²) in [6, 6.07) is 10.7. The molecule has 1 aromatic carbocycles. The predicted octanol–water partition coefficient (Wildman–Crippen LogP) is 3.27. The average Bonchev–Trinajstić information content (AvgIpc) is 2.37. The quantitative estimate of drug-likeness (QED) is 0.789. The minimum atomic E-state index is 0.445. The average molecular weight is 245 g/mol. The lowest BCUT2D eigenvalue weighted by atomic mass is 9.70. The summed E-state index contributed by atoms with van der Waals surface area (Å²) in [7, 11) is 4.22. The van der Waals surface area contributed by atoms with Crippen molar-refractivity contribution >= 4 is 0 Å². The van der Waals surface area contributed by atoms with Crippen molar-refractivity contribution in [1.29, 1.82) is 0 Å². The zero-order chi connectivity index (χ0) is 13.1. The molecule has 0 aromatic heterocycles. The van der Waals surface area contributed by atoms with E-state index in [1.165, 1.54) is 16.9 Å². The largest absolute Gasteiger partial charge is 0.498 e. The summed E-state index contributed by atoms with van der Waals surface area (Å²) >= 11 is 0. The van der Waals surface area contributed by atoms with Crippen molar-refractivity contribution in [2.24, 2.45) is 5.92 Å². The summed E-state index contributed by atoms with van der Waals surface area (Å²) in [5, 5.41) is 0. The number of hydrogen-bond acceptors (Lipinski definition) is 2. The van der Waals surface area contributed by atoms with Crippen molar-refractivity contribution in [2.75, 3.05) is 27.2 Å². The molecule has 0 saturated carbocycles.